The fourth-order valence-electron chi connectivity index (χ4n) is 3.38. The van der Waals surface area contributed by atoms with Gasteiger partial charge in [0, 0.05) is 6.04 Å². The third kappa shape index (κ3) is 3.18. The molecule has 2 N–H and O–H groups in total. The van der Waals surface area contributed by atoms with E-state index in [0.717, 1.165) is 18.5 Å². The fraction of sp³-hybridized carbons (Fsp3) is 1.00. The summed E-state index contributed by atoms with van der Waals surface area (Å²) in [5.41, 5.74) is 5.67. The second-order valence-corrected chi connectivity index (χ2v) is 5.36. The van der Waals surface area contributed by atoms with E-state index >= 15 is 0 Å². The van der Waals surface area contributed by atoms with Crippen molar-refractivity contribution < 1.29 is 0 Å². The molecule has 0 aromatic heterocycles. The lowest BCUT2D eigenvalue weighted by molar-refractivity contribution is 0.107. The monoisotopic (exact) mass is 210 g/mol. The second kappa shape index (κ2) is 5.86. The Hall–Kier alpha value is -0.0800. The Morgan fingerprint density at radius 3 is 2.53 bits per heavy atom. The first kappa shape index (κ1) is 11.4. The van der Waals surface area contributed by atoms with E-state index in [2.05, 4.69) is 4.90 Å². The maximum Gasteiger partial charge on any atom is 0.00979 e. The Morgan fingerprint density at radius 2 is 1.80 bits per heavy atom. The molecule has 0 aromatic rings. The summed E-state index contributed by atoms with van der Waals surface area (Å²) < 4.78 is 0. The third-order valence-electron chi connectivity index (χ3n) is 4.24. The zero-order chi connectivity index (χ0) is 10.5. The van der Waals surface area contributed by atoms with E-state index in [-0.39, 0.29) is 0 Å². The summed E-state index contributed by atoms with van der Waals surface area (Å²) in [5, 5.41) is 0. The molecule has 0 amide bonds. The largest absolute Gasteiger partial charge is 0.330 e. The molecule has 2 aliphatic rings. The summed E-state index contributed by atoms with van der Waals surface area (Å²) in [6.07, 6.45) is 11.3. The number of piperidine rings is 1. The van der Waals surface area contributed by atoms with Gasteiger partial charge in [-0.3, -0.25) is 0 Å². The Kier molecular flexibility index (Phi) is 4.45. The zero-order valence-corrected chi connectivity index (χ0v) is 9.96. The van der Waals surface area contributed by atoms with Gasteiger partial charge in [-0.1, -0.05) is 19.3 Å². The van der Waals surface area contributed by atoms with Crippen LogP contribution in [0.15, 0.2) is 0 Å². The van der Waals surface area contributed by atoms with Gasteiger partial charge >= 0.3 is 0 Å². The van der Waals surface area contributed by atoms with Crippen LogP contribution in [0.5, 0.6) is 0 Å². The number of likely N-dealkylation sites (tertiary alicyclic amines) is 1. The number of hydrogen-bond donors (Lipinski definition) is 1. The summed E-state index contributed by atoms with van der Waals surface area (Å²) >= 11 is 0. The smallest absolute Gasteiger partial charge is 0.00979 e. The molecule has 0 aromatic carbocycles. The topological polar surface area (TPSA) is 29.3 Å². The molecule has 15 heavy (non-hydrogen) atoms. The Morgan fingerprint density at radius 1 is 1.00 bits per heavy atom. The van der Waals surface area contributed by atoms with Gasteiger partial charge in [0.05, 0.1) is 0 Å². The van der Waals surface area contributed by atoms with E-state index in [4.69, 9.17) is 5.73 Å². The molecule has 2 fully saturated rings. The lowest BCUT2D eigenvalue weighted by atomic mass is 9.82. The standard InChI is InChI=1S/C13H26N2/c14-8-7-12-5-4-6-13(11-12)15-9-2-1-3-10-15/h12-13H,1-11,14H2. The van der Waals surface area contributed by atoms with Gasteiger partial charge in [-0.05, 0) is 57.7 Å². The third-order valence-corrected chi connectivity index (χ3v) is 4.24. The predicted molar refractivity (Wildman–Crippen MR) is 64.8 cm³/mol. The molecule has 1 heterocycles. The van der Waals surface area contributed by atoms with Crippen LogP contribution in [0.1, 0.15) is 51.4 Å². The van der Waals surface area contributed by atoms with Crippen LogP contribution in [0.3, 0.4) is 0 Å². The highest BCUT2D eigenvalue weighted by Crippen LogP contribution is 2.30. The molecule has 0 spiro atoms. The first-order chi connectivity index (χ1) is 7.40. The number of rotatable bonds is 3. The number of nitrogens with two attached hydrogens (primary N) is 1. The van der Waals surface area contributed by atoms with Gasteiger partial charge in [0.2, 0.25) is 0 Å². The molecular formula is C13H26N2. The zero-order valence-electron chi connectivity index (χ0n) is 9.96. The van der Waals surface area contributed by atoms with E-state index in [1.807, 2.05) is 0 Å². The van der Waals surface area contributed by atoms with Crippen molar-refractivity contribution in [3.8, 4) is 0 Å². The first-order valence-corrected chi connectivity index (χ1v) is 6.84. The van der Waals surface area contributed by atoms with Crippen LogP contribution in [0.25, 0.3) is 0 Å². The summed E-state index contributed by atoms with van der Waals surface area (Å²) in [6.45, 7) is 3.61. The van der Waals surface area contributed by atoms with Gasteiger partial charge in [-0.25, -0.2) is 0 Å². The van der Waals surface area contributed by atoms with Crippen molar-refractivity contribution >= 4 is 0 Å². The number of nitrogens with zero attached hydrogens (tertiary/aromatic N) is 1. The molecule has 2 rings (SSSR count). The highest BCUT2D eigenvalue weighted by molar-refractivity contribution is 4.82. The van der Waals surface area contributed by atoms with Crippen molar-refractivity contribution in [1.29, 1.82) is 0 Å². The van der Waals surface area contributed by atoms with E-state index in [9.17, 15) is 0 Å². The average molecular weight is 210 g/mol. The summed E-state index contributed by atoms with van der Waals surface area (Å²) in [6, 6.07) is 0.899. The second-order valence-electron chi connectivity index (χ2n) is 5.36. The SMILES string of the molecule is NCCC1CCCC(N2CCCCC2)C1. The van der Waals surface area contributed by atoms with Crippen molar-refractivity contribution in [3.63, 3.8) is 0 Å². The number of hydrogen-bond acceptors (Lipinski definition) is 2. The molecule has 88 valence electrons. The fourth-order valence-corrected chi connectivity index (χ4v) is 3.38. The highest BCUT2D eigenvalue weighted by atomic mass is 15.2. The molecule has 0 bridgehead atoms. The average Bonchev–Trinajstić information content (AvgIpc) is 2.31. The minimum absolute atomic E-state index is 0.886. The molecule has 2 heteroatoms. The predicted octanol–water partition coefficient (Wildman–Crippen LogP) is 2.38. The van der Waals surface area contributed by atoms with Gasteiger partial charge < -0.3 is 10.6 Å². The van der Waals surface area contributed by atoms with Crippen molar-refractivity contribution in [2.45, 2.75) is 57.4 Å². The molecule has 1 saturated carbocycles. The molecule has 2 unspecified atom stereocenters. The maximum atomic E-state index is 5.67. The minimum Gasteiger partial charge on any atom is -0.330 e. The summed E-state index contributed by atoms with van der Waals surface area (Å²) in [4.78, 5) is 2.76. The molecule has 1 aliphatic heterocycles. The van der Waals surface area contributed by atoms with Gasteiger partial charge in [0.1, 0.15) is 0 Å². The molecule has 2 atom stereocenters. The van der Waals surface area contributed by atoms with E-state index in [1.165, 1.54) is 64.5 Å². The molecular weight excluding hydrogens is 184 g/mol. The van der Waals surface area contributed by atoms with Crippen molar-refractivity contribution in [3.05, 3.63) is 0 Å². The van der Waals surface area contributed by atoms with Gasteiger partial charge in [0.15, 0.2) is 0 Å². The first-order valence-electron chi connectivity index (χ1n) is 6.84. The normalized spacial score (nSPS) is 34.2. The quantitative estimate of drug-likeness (QED) is 0.775. The summed E-state index contributed by atoms with van der Waals surface area (Å²) in [5.74, 6) is 0.927. The van der Waals surface area contributed by atoms with Crippen molar-refractivity contribution in [2.75, 3.05) is 19.6 Å². The molecule has 2 nitrogen and oxygen atoms in total. The van der Waals surface area contributed by atoms with Crippen LogP contribution < -0.4 is 5.73 Å². The van der Waals surface area contributed by atoms with Crippen LogP contribution in [0.4, 0.5) is 0 Å². The van der Waals surface area contributed by atoms with Crippen molar-refractivity contribution in [1.82, 2.24) is 4.90 Å². The highest BCUT2D eigenvalue weighted by Gasteiger charge is 2.26. The Balaban J connectivity index is 1.80. The minimum atomic E-state index is 0.886. The van der Waals surface area contributed by atoms with Crippen LogP contribution in [-0.4, -0.2) is 30.6 Å². The van der Waals surface area contributed by atoms with Gasteiger partial charge in [-0.15, -0.1) is 0 Å². The molecule has 1 saturated heterocycles. The van der Waals surface area contributed by atoms with E-state index in [0.29, 0.717) is 0 Å². The van der Waals surface area contributed by atoms with Crippen LogP contribution >= 0.6 is 0 Å². The van der Waals surface area contributed by atoms with Gasteiger partial charge in [0.25, 0.3) is 0 Å². The lowest BCUT2D eigenvalue weighted by Crippen LogP contribution is -2.42. The molecule has 1 aliphatic carbocycles. The van der Waals surface area contributed by atoms with Crippen LogP contribution in [-0.2, 0) is 0 Å². The maximum absolute atomic E-state index is 5.67. The van der Waals surface area contributed by atoms with E-state index in [1.54, 1.807) is 0 Å². The Labute approximate surface area is 94.2 Å². The van der Waals surface area contributed by atoms with Crippen LogP contribution in [0.2, 0.25) is 0 Å². The van der Waals surface area contributed by atoms with Crippen molar-refractivity contribution in [2.24, 2.45) is 11.7 Å². The van der Waals surface area contributed by atoms with Gasteiger partial charge in [-0.2, -0.15) is 0 Å². The lowest BCUT2D eigenvalue weighted by Gasteiger charge is -2.39. The molecule has 0 radical (unpaired) electrons. The van der Waals surface area contributed by atoms with Crippen LogP contribution in [0, 0.1) is 5.92 Å². The Bertz CT molecular complexity index is 173. The van der Waals surface area contributed by atoms with E-state index < -0.39 is 0 Å². The summed E-state index contributed by atoms with van der Waals surface area (Å²) in [7, 11) is 0.